The Morgan fingerprint density at radius 2 is 1.69 bits per heavy atom. The Hall–Kier alpha value is -2.30. The van der Waals surface area contributed by atoms with Crippen molar-refractivity contribution in [3.63, 3.8) is 0 Å². The van der Waals surface area contributed by atoms with Gasteiger partial charge in [-0.25, -0.2) is 4.68 Å². The highest BCUT2D eigenvalue weighted by Crippen LogP contribution is 2.33. The average Bonchev–Trinajstić information content (AvgIpc) is 2.90. The molecule has 1 atom stereocenters. The Bertz CT molecular complexity index is 931. The molecule has 134 valence electrons. The molecule has 1 aromatic heterocycles. The third-order valence-corrected chi connectivity index (χ3v) is 5.22. The summed E-state index contributed by atoms with van der Waals surface area (Å²) in [5.74, 6) is -0.996. The van der Waals surface area contributed by atoms with Gasteiger partial charge in [-0.15, -0.1) is 0 Å². The topological polar surface area (TPSA) is 60.9 Å². The maximum atomic E-state index is 12.3. The number of hydrogen-bond donors (Lipinski definition) is 1. The molecule has 0 saturated carbocycles. The number of carbonyl (C=O) groups excluding carboxylic acids is 1. The fraction of sp³-hybridized carbons (Fsp3) is 0.200. The lowest BCUT2D eigenvalue weighted by molar-refractivity contribution is -0.119. The number of amides is 1. The Morgan fingerprint density at radius 3 is 2.27 bits per heavy atom. The summed E-state index contributed by atoms with van der Waals surface area (Å²) < 4.78 is 1.83. The number of benzene rings is 2. The highest BCUT2D eigenvalue weighted by molar-refractivity contribution is 6.36. The number of halogens is 2. The first-order valence-electron chi connectivity index (χ1n) is 8.24. The number of aromatic nitrogens is 2. The lowest BCUT2D eigenvalue weighted by Crippen LogP contribution is -2.24. The lowest BCUT2D eigenvalue weighted by Gasteiger charge is -2.16. The van der Waals surface area contributed by atoms with Crippen molar-refractivity contribution >= 4 is 29.1 Å². The van der Waals surface area contributed by atoms with Gasteiger partial charge >= 0.3 is 0 Å². The molecule has 1 unspecified atom stereocenters. The van der Waals surface area contributed by atoms with Crippen molar-refractivity contribution < 1.29 is 4.79 Å². The van der Waals surface area contributed by atoms with Crippen molar-refractivity contribution in [1.29, 1.82) is 0 Å². The van der Waals surface area contributed by atoms with E-state index in [9.17, 15) is 4.79 Å². The van der Waals surface area contributed by atoms with E-state index in [0.29, 0.717) is 22.0 Å². The summed E-state index contributed by atoms with van der Waals surface area (Å²) in [6.07, 6.45) is 0.329. The van der Waals surface area contributed by atoms with Gasteiger partial charge in [0.05, 0.1) is 17.3 Å². The van der Waals surface area contributed by atoms with Gasteiger partial charge in [0.25, 0.3) is 0 Å². The monoisotopic (exact) mass is 387 g/mol. The van der Waals surface area contributed by atoms with E-state index < -0.39 is 11.8 Å². The molecule has 2 aromatic carbocycles. The molecule has 3 aromatic rings. The Morgan fingerprint density at radius 1 is 1.08 bits per heavy atom. The molecule has 0 bridgehead atoms. The van der Waals surface area contributed by atoms with Crippen molar-refractivity contribution in [3.8, 4) is 5.69 Å². The van der Waals surface area contributed by atoms with Crippen LogP contribution in [0, 0.1) is 13.8 Å². The van der Waals surface area contributed by atoms with Crippen LogP contribution in [0.15, 0.2) is 48.5 Å². The van der Waals surface area contributed by atoms with Gasteiger partial charge in [0.2, 0.25) is 5.91 Å². The zero-order valence-corrected chi connectivity index (χ0v) is 16.1. The van der Waals surface area contributed by atoms with E-state index in [0.717, 1.165) is 22.6 Å². The van der Waals surface area contributed by atoms with Crippen molar-refractivity contribution in [2.75, 3.05) is 0 Å². The molecule has 0 aliphatic rings. The number of rotatable bonds is 5. The molecular weight excluding hydrogens is 369 g/mol. The molecule has 0 saturated heterocycles. The molecule has 0 radical (unpaired) electrons. The predicted molar refractivity (Wildman–Crippen MR) is 105 cm³/mol. The first-order valence-corrected chi connectivity index (χ1v) is 8.99. The highest BCUT2D eigenvalue weighted by Gasteiger charge is 2.27. The Labute approximate surface area is 162 Å². The van der Waals surface area contributed by atoms with Gasteiger partial charge in [0.15, 0.2) is 0 Å². The van der Waals surface area contributed by atoms with Crippen LogP contribution in [-0.2, 0) is 11.2 Å². The quantitative estimate of drug-likeness (QED) is 0.694. The molecule has 4 nitrogen and oxygen atoms in total. The summed E-state index contributed by atoms with van der Waals surface area (Å²) in [7, 11) is 0. The summed E-state index contributed by atoms with van der Waals surface area (Å²) in [6.45, 7) is 3.82. The third kappa shape index (κ3) is 3.48. The van der Waals surface area contributed by atoms with Crippen LogP contribution in [0.2, 0.25) is 10.0 Å². The Kier molecular flexibility index (Phi) is 5.35. The smallest absolute Gasteiger partial charge is 0.225 e. The minimum absolute atomic E-state index is 0.329. The van der Waals surface area contributed by atoms with Crippen molar-refractivity contribution in [3.05, 3.63) is 81.1 Å². The van der Waals surface area contributed by atoms with E-state index in [2.05, 4.69) is 5.10 Å². The van der Waals surface area contributed by atoms with E-state index in [1.807, 2.05) is 48.9 Å². The molecule has 6 heteroatoms. The fourth-order valence-electron chi connectivity index (χ4n) is 3.26. The first-order chi connectivity index (χ1) is 12.4. The van der Waals surface area contributed by atoms with Crippen LogP contribution in [-0.4, -0.2) is 15.7 Å². The van der Waals surface area contributed by atoms with Gasteiger partial charge in [0.1, 0.15) is 0 Å². The largest absolute Gasteiger partial charge is 0.369 e. The zero-order chi connectivity index (χ0) is 18.8. The lowest BCUT2D eigenvalue weighted by atomic mass is 9.90. The molecule has 26 heavy (non-hydrogen) atoms. The standard InChI is InChI=1S/C20H19Cl2N3O/c1-12-19(13(2)25(24-12)14-7-4-3-5-8-14)16(20(23)26)11-15-17(21)9-6-10-18(15)22/h3-10,16H,11H2,1-2H3,(H2,23,26). The number of carbonyl (C=O) groups is 1. The van der Waals surface area contributed by atoms with Crippen molar-refractivity contribution in [2.45, 2.75) is 26.2 Å². The first kappa shape index (κ1) is 18.5. The van der Waals surface area contributed by atoms with Crippen LogP contribution < -0.4 is 5.73 Å². The van der Waals surface area contributed by atoms with Crippen LogP contribution in [0.5, 0.6) is 0 Å². The fourth-order valence-corrected chi connectivity index (χ4v) is 3.81. The van der Waals surface area contributed by atoms with Crippen molar-refractivity contribution in [1.82, 2.24) is 9.78 Å². The maximum absolute atomic E-state index is 12.3. The summed E-state index contributed by atoms with van der Waals surface area (Å²) in [4.78, 5) is 12.3. The normalized spacial score (nSPS) is 12.2. The van der Waals surface area contributed by atoms with E-state index >= 15 is 0 Å². The Balaban J connectivity index is 2.07. The van der Waals surface area contributed by atoms with Gasteiger partial charge in [-0.05, 0) is 50.1 Å². The second-order valence-electron chi connectivity index (χ2n) is 6.19. The van der Waals surface area contributed by atoms with E-state index in [1.54, 1.807) is 18.2 Å². The maximum Gasteiger partial charge on any atom is 0.225 e. The van der Waals surface area contributed by atoms with Crippen molar-refractivity contribution in [2.24, 2.45) is 5.73 Å². The van der Waals surface area contributed by atoms with Crippen LogP contribution in [0.3, 0.4) is 0 Å². The molecule has 0 aliphatic carbocycles. The number of nitrogens with zero attached hydrogens (tertiary/aromatic N) is 2. The summed E-state index contributed by atoms with van der Waals surface area (Å²) in [5, 5.41) is 5.66. The summed E-state index contributed by atoms with van der Waals surface area (Å²) >= 11 is 12.6. The highest BCUT2D eigenvalue weighted by atomic mass is 35.5. The molecule has 0 fully saturated rings. The summed E-state index contributed by atoms with van der Waals surface area (Å²) in [6, 6.07) is 15.1. The van der Waals surface area contributed by atoms with Gasteiger partial charge in [-0.1, -0.05) is 47.5 Å². The molecule has 3 rings (SSSR count). The molecule has 0 aliphatic heterocycles. The second kappa shape index (κ2) is 7.52. The minimum Gasteiger partial charge on any atom is -0.369 e. The molecule has 2 N–H and O–H groups in total. The predicted octanol–water partition coefficient (Wildman–Crippen LogP) is 4.61. The SMILES string of the molecule is Cc1nn(-c2ccccc2)c(C)c1C(Cc1c(Cl)cccc1Cl)C(N)=O. The average molecular weight is 388 g/mol. The minimum atomic E-state index is -0.565. The third-order valence-electron chi connectivity index (χ3n) is 4.51. The van der Waals surface area contributed by atoms with E-state index in [4.69, 9.17) is 28.9 Å². The molecule has 1 amide bonds. The van der Waals surface area contributed by atoms with Gasteiger partial charge in [0, 0.05) is 21.3 Å². The van der Waals surface area contributed by atoms with Gasteiger partial charge in [-0.3, -0.25) is 4.79 Å². The number of para-hydroxylation sites is 1. The number of nitrogens with two attached hydrogens (primary N) is 1. The van der Waals surface area contributed by atoms with Gasteiger partial charge in [-0.2, -0.15) is 5.10 Å². The van der Waals surface area contributed by atoms with E-state index in [1.165, 1.54) is 0 Å². The van der Waals surface area contributed by atoms with Crippen LogP contribution in [0.25, 0.3) is 5.69 Å². The van der Waals surface area contributed by atoms with Crippen LogP contribution >= 0.6 is 23.2 Å². The molecule has 1 heterocycles. The second-order valence-corrected chi connectivity index (χ2v) is 7.01. The zero-order valence-electron chi connectivity index (χ0n) is 14.5. The molecule has 0 spiro atoms. The number of primary amides is 1. The van der Waals surface area contributed by atoms with Crippen LogP contribution in [0.4, 0.5) is 0 Å². The van der Waals surface area contributed by atoms with E-state index in [-0.39, 0.29) is 0 Å². The number of aryl methyl sites for hydroxylation is 1. The molecular formula is C20H19Cl2N3O. The summed E-state index contributed by atoms with van der Waals surface area (Å²) in [5.41, 5.74) is 9.84. The number of hydrogen-bond acceptors (Lipinski definition) is 2. The van der Waals surface area contributed by atoms with Gasteiger partial charge < -0.3 is 5.73 Å². The van der Waals surface area contributed by atoms with Crippen LogP contribution in [0.1, 0.15) is 28.4 Å².